The molecule has 1 aliphatic heterocycles. The molecule has 0 radical (unpaired) electrons. The van der Waals surface area contributed by atoms with Crippen LogP contribution in [0.3, 0.4) is 0 Å². The Kier molecular flexibility index (Phi) is 6.44. The van der Waals surface area contributed by atoms with Gasteiger partial charge in [0.2, 0.25) is 0 Å². The quantitative estimate of drug-likeness (QED) is 0.461. The van der Waals surface area contributed by atoms with Crippen molar-refractivity contribution in [3.8, 4) is 0 Å². The molecule has 1 heterocycles. The first kappa shape index (κ1) is 18.5. The molecule has 2 unspecified atom stereocenters. The minimum atomic E-state index is -1.16. The summed E-state index contributed by atoms with van der Waals surface area (Å²) in [6.07, 6.45) is 0.206. The van der Waals surface area contributed by atoms with Crippen molar-refractivity contribution >= 4 is 17.6 Å². The number of hydrogen-bond acceptors (Lipinski definition) is 6. The summed E-state index contributed by atoms with van der Waals surface area (Å²) >= 11 is 6.25. The smallest absolute Gasteiger partial charge is 0.328 e. The normalized spacial score (nSPS) is 23.0. The molecule has 0 spiro atoms. The Morgan fingerprint density at radius 3 is 2.79 bits per heavy atom. The van der Waals surface area contributed by atoms with Gasteiger partial charge in [-0.1, -0.05) is 35.0 Å². The van der Waals surface area contributed by atoms with Gasteiger partial charge >= 0.3 is 5.97 Å². The first-order valence-electron chi connectivity index (χ1n) is 7.43. The van der Waals surface area contributed by atoms with Crippen molar-refractivity contribution in [2.24, 2.45) is 5.18 Å². The molecule has 1 saturated heterocycles. The van der Waals surface area contributed by atoms with Gasteiger partial charge < -0.3 is 14.9 Å². The maximum atomic E-state index is 11.0. The van der Waals surface area contributed by atoms with E-state index in [4.69, 9.17) is 21.4 Å². The highest BCUT2D eigenvalue weighted by atomic mass is 35.5. The number of nitrogens with zero attached hydrogens (tertiary/aromatic N) is 2. The average molecular weight is 355 g/mol. The van der Waals surface area contributed by atoms with E-state index in [2.05, 4.69) is 5.18 Å². The summed E-state index contributed by atoms with van der Waals surface area (Å²) in [7, 11) is 1.38. The molecular formula is C16H19ClN2O5. The van der Waals surface area contributed by atoms with Crippen LogP contribution in [0.15, 0.2) is 41.1 Å². The Bertz CT molecular complexity index is 637. The first-order valence-corrected chi connectivity index (χ1v) is 7.81. The number of benzene rings is 1. The number of halogens is 1. The van der Waals surface area contributed by atoms with E-state index in [1.165, 1.54) is 7.11 Å². The van der Waals surface area contributed by atoms with Crippen LogP contribution in [-0.2, 0) is 9.53 Å². The highest BCUT2D eigenvalue weighted by molar-refractivity contribution is 6.31. The molecule has 1 aromatic carbocycles. The van der Waals surface area contributed by atoms with Gasteiger partial charge in [-0.2, -0.15) is 4.91 Å². The molecule has 0 amide bonds. The van der Waals surface area contributed by atoms with Gasteiger partial charge in [-0.15, -0.1) is 0 Å². The largest absolute Gasteiger partial charge is 0.478 e. The fraction of sp³-hybridized carbons (Fsp3) is 0.438. The van der Waals surface area contributed by atoms with E-state index in [1.807, 2.05) is 4.90 Å². The van der Waals surface area contributed by atoms with Crippen LogP contribution in [0, 0.1) is 4.91 Å². The van der Waals surface area contributed by atoms with Gasteiger partial charge in [-0.3, -0.25) is 4.90 Å². The van der Waals surface area contributed by atoms with E-state index in [-0.39, 0.29) is 6.54 Å². The van der Waals surface area contributed by atoms with Crippen LogP contribution in [0.4, 0.5) is 0 Å². The molecule has 24 heavy (non-hydrogen) atoms. The molecule has 1 aromatic rings. The van der Waals surface area contributed by atoms with E-state index in [1.54, 1.807) is 24.3 Å². The number of aliphatic hydroxyl groups is 1. The van der Waals surface area contributed by atoms with E-state index in [9.17, 15) is 14.8 Å². The number of hydrogen-bond donors (Lipinski definition) is 2. The summed E-state index contributed by atoms with van der Waals surface area (Å²) in [4.78, 5) is 23.8. The van der Waals surface area contributed by atoms with Crippen molar-refractivity contribution < 1.29 is 19.7 Å². The SMILES string of the molecule is CO[C@H](O)C(c1ccccc1Cl)N1CCC(N=O)/C(=C\C(=O)O)C1. The molecule has 0 aromatic heterocycles. The van der Waals surface area contributed by atoms with Crippen LogP contribution < -0.4 is 0 Å². The zero-order chi connectivity index (χ0) is 17.7. The summed E-state index contributed by atoms with van der Waals surface area (Å²) in [5.41, 5.74) is 1.06. The first-order chi connectivity index (χ1) is 11.5. The van der Waals surface area contributed by atoms with Crippen molar-refractivity contribution in [1.29, 1.82) is 0 Å². The van der Waals surface area contributed by atoms with E-state index >= 15 is 0 Å². The predicted molar refractivity (Wildman–Crippen MR) is 88.7 cm³/mol. The topological polar surface area (TPSA) is 99.4 Å². The number of piperidine rings is 1. The monoisotopic (exact) mass is 354 g/mol. The van der Waals surface area contributed by atoms with Gasteiger partial charge in [-0.05, 0) is 23.6 Å². The van der Waals surface area contributed by atoms with E-state index in [0.717, 1.165) is 6.08 Å². The second-order valence-electron chi connectivity index (χ2n) is 5.53. The fourth-order valence-electron chi connectivity index (χ4n) is 2.93. The van der Waals surface area contributed by atoms with E-state index < -0.39 is 24.3 Å². The van der Waals surface area contributed by atoms with Crippen LogP contribution >= 0.6 is 11.6 Å². The number of ether oxygens (including phenoxy) is 1. The van der Waals surface area contributed by atoms with E-state index in [0.29, 0.717) is 29.1 Å². The van der Waals surface area contributed by atoms with Crippen LogP contribution in [0.25, 0.3) is 0 Å². The molecule has 7 nitrogen and oxygen atoms in total. The van der Waals surface area contributed by atoms with Gasteiger partial charge in [0.05, 0.1) is 6.04 Å². The second-order valence-corrected chi connectivity index (χ2v) is 5.94. The maximum Gasteiger partial charge on any atom is 0.328 e. The summed E-state index contributed by atoms with van der Waals surface area (Å²) in [5.74, 6) is -1.14. The molecule has 0 saturated carbocycles. The van der Waals surface area contributed by atoms with Crippen LogP contribution in [0.1, 0.15) is 18.0 Å². The summed E-state index contributed by atoms with van der Waals surface area (Å²) in [6, 6.07) is 5.79. The lowest BCUT2D eigenvalue weighted by atomic mass is 9.95. The van der Waals surface area contributed by atoms with Gasteiger partial charge in [0.1, 0.15) is 6.04 Å². The van der Waals surface area contributed by atoms with Crippen LogP contribution in [0.5, 0.6) is 0 Å². The van der Waals surface area contributed by atoms with Gasteiger partial charge in [-0.25, -0.2) is 4.79 Å². The molecule has 1 aliphatic rings. The Hall–Kier alpha value is -1.80. The lowest BCUT2D eigenvalue weighted by Crippen LogP contribution is -2.44. The van der Waals surface area contributed by atoms with Gasteiger partial charge in [0, 0.05) is 31.3 Å². The lowest BCUT2D eigenvalue weighted by molar-refractivity contribution is -0.131. The number of aliphatic carboxylic acids is 1. The Morgan fingerprint density at radius 1 is 1.50 bits per heavy atom. The number of nitroso groups, excluding NO2 is 1. The third kappa shape index (κ3) is 4.18. The Morgan fingerprint density at radius 2 is 2.21 bits per heavy atom. The molecule has 0 bridgehead atoms. The molecule has 0 aliphatic carbocycles. The van der Waals surface area contributed by atoms with Crippen molar-refractivity contribution in [2.75, 3.05) is 20.2 Å². The molecule has 130 valence electrons. The number of aliphatic hydroxyl groups excluding tert-OH is 1. The third-order valence-electron chi connectivity index (χ3n) is 4.07. The second kappa shape index (κ2) is 8.34. The van der Waals surface area contributed by atoms with Crippen molar-refractivity contribution in [3.63, 3.8) is 0 Å². The molecule has 3 atom stereocenters. The minimum Gasteiger partial charge on any atom is -0.478 e. The van der Waals surface area contributed by atoms with Crippen molar-refractivity contribution in [3.05, 3.63) is 51.4 Å². The Balaban J connectivity index is 2.35. The van der Waals surface area contributed by atoms with Crippen LogP contribution in [0.2, 0.25) is 5.02 Å². The number of rotatable bonds is 6. The molecular weight excluding hydrogens is 336 g/mol. The molecule has 2 rings (SSSR count). The summed E-state index contributed by atoms with van der Waals surface area (Å²) < 4.78 is 5.08. The van der Waals surface area contributed by atoms with Crippen LogP contribution in [-0.4, -0.2) is 53.6 Å². The Labute approximate surface area is 144 Å². The average Bonchev–Trinajstić information content (AvgIpc) is 2.56. The zero-order valence-electron chi connectivity index (χ0n) is 13.1. The molecule has 8 heteroatoms. The maximum absolute atomic E-state index is 11.0. The summed E-state index contributed by atoms with van der Waals surface area (Å²) in [5, 5.41) is 22.8. The minimum absolute atomic E-state index is 0.180. The number of carbonyl (C=O) groups is 1. The number of methoxy groups -OCH3 is 1. The fourth-order valence-corrected chi connectivity index (χ4v) is 3.17. The third-order valence-corrected chi connectivity index (χ3v) is 4.41. The number of carboxylic acid groups (broad SMARTS) is 1. The summed E-state index contributed by atoms with van der Waals surface area (Å²) in [6.45, 7) is 0.628. The lowest BCUT2D eigenvalue weighted by Gasteiger charge is -2.39. The van der Waals surface area contributed by atoms with Gasteiger partial charge in [0.15, 0.2) is 6.29 Å². The molecule has 2 N–H and O–H groups in total. The highest BCUT2D eigenvalue weighted by Gasteiger charge is 2.35. The van der Waals surface area contributed by atoms with Gasteiger partial charge in [0.25, 0.3) is 0 Å². The standard InChI is InChI=1S/C16H19ClN2O5/c1-24-16(22)15(11-4-2-3-5-12(11)17)19-7-6-13(18-23)10(9-19)8-14(20)21/h2-5,8,13,15-16,22H,6-7,9H2,1H3,(H,20,21)/b10-8-/t13?,15?,16-/m0/s1. The van der Waals surface area contributed by atoms with Crippen molar-refractivity contribution in [1.82, 2.24) is 4.90 Å². The van der Waals surface area contributed by atoms with Crippen molar-refractivity contribution in [2.45, 2.75) is 24.8 Å². The highest BCUT2D eigenvalue weighted by Crippen LogP contribution is 2.34. The number of carboxylic acids is 1. The predicted octanol–water partition coefficient (Wildman–Crippen LogP) is 2.20. The zero-order valence-corrected chi connectivity index (χ0v) is 13.9. The molecule has 1 fully saturated rings. The number of likely N-dealkylation sites (tertiary alicyclic amines) is 1.